The van der Waals surface area contributed by atoms with Crippen LogP contribution < -0.4 is 4.72 Å². The number of carbonyl (C=O) groups excluding carboxylic acids is 1. The SMILES string of the molecule is CCc1nnn(-c2cc(C(=O)OC)ccc2NS(=O)(=O)c2ccc(C(C)(C)C)cc2)c1C. The number of esters is 1. The van der Waals surface area contributed by atoms with Crippen LogP contribution in [0.4, 0.5) is 5.69 Å². The topological polar surface area (TPSA) is 103 Å². The second-order valence-electron chi connectivity index (χ2n) is 8.49. The van der Waals surface area contributed by atoms with E-state index in [1.165, 1.54) is 30.0 Å². The number of hydrogen-bond donors (Lipinski definition) is 1. The minimum Gasteiger partial charge on any atom is -0.465 e. The fraction of sp³-hybridized carbons (Fsp3) is 0.348. The molecule has 0 spiro atoms. The zero-order chi connectivity index (χ0) is 23.7. The molecule has 0 atom stereocenters. The maximum absolute atomic E-state index is 13.1. The highest BCUT2D eigenvalue weighted by Gasteiger charge is 2.22. The van der Waals surface area contributed by atoms with Crippen LogP contribution in [0.3, 0.4) is 0 Å². The van der Waals surface area contributed by atoms with E-state index in [-0.39, 0.29) is 21.6 Å². The van der Waals surface area contributed by atoms with E-state index in [0.717, 1.165) is 17.0 Å². The Kier molecular flexibility index (Phi) is 6.41. The number of benzene rings is 2. The molecule has 0 unspecified atom stereocenters. The second-order valence-corrected chi connectivity index (χ2v) is 10.2. The number of methoxy groups -OCH3 is 1. The summed E-state index contributed by atoms with van der Waals surface area (Å²) >= 11 is 0. The number of carbonyl (C=O) groups is 1. The van der Waals surface area contributed by atoms with Crippen molar-refractivity contribution >= 4 is 21.7 Å². The van der Waals surface area contributed by atoms with Gasteiger partial charge in [-0.25, -0.2) is 17.9 Å². The minimum absolute atomic E-state index is 0.0891. The Bertz CT molecular complexity index is 1240. The van der Waals surface area contributed by atoms with E-state index in [9.17, 15) is 13.2 Å². The average molecular weight is 457 g/mol. The molecule has 0 saturated heterocycles. The van der Waals surface area contributed by atoms with Crippen LogP contribution in [0.15, 0.2) is 47.4 Å². The van der Waals surface area contributed by atoms with Gasteiger partial charge < -0.3 is 4.74 Å². The lowest BCUT2D eigenvalue weighted by molar-refractivity contribution is 0.0600. The summed E-state index contributed by atoms with van der Waals surface area (Å²) in [5.41, 5.74) is 3.40. The number of anilines is 1. The van der Waals surface area contributed by atoms with Crippen molar-refractivity contribution in [2.75, 3.05) is 11.8 Å². The molecule has 8 nitrogen and oxygen atoms in total. The predicted octanol–water partition coefficient (Wildman–Crippen LogP) is 4.02. The number of rotatable bonds is 6. The van der Waals surface area contributed by atoms with Crippen molar-refractivity contribution in [1.29, 1.82) is 0 Å². The highest BCUT2D eigenvalue weighted by atomic mass is 32.2. The van der Waals surface area contributed by atoms with Gasteiger partial charge in [-0.15, -0.1) is 5.10 Å². The van der Waals surface area contributed by atoms with Gasteiger partial charge in [0.05, 0.1) is 40.3 Å². The van der Waals surface area contributed by atoms with E-state index in [1.807, 2.05) is 26.0 Å². The Labute approximate surface area is 188 Å². The van der Waals surface area contributed by atoms with E-state index in [0.29, 0.717) is 12.1 Å². The molecule has 0 amide bonds. The van der Waals surface area contributed by atoms with Crippen molar-refractivity contribution in [2.24, 2.45) is 0 Å². The molecule has 0 bridgehead atoms. The van der Waals surface area contributed by atoms with Gasteiger partial charge in [0.2, 0.25) is 0 Å². The van der Waals surface area contributed by atoms with E-state index in [2.05, 4.69) is 35.8 Å². The molecule has 9 heteroatoms. The first-order chi connectivity index (χ1) is 15.0. The zero-order valence-electron chi connectivity index (χ0n) is 19.1. The summed E-state index contributed by atoms with van der Waals surface area (Å²) < 4.78 is 35.2. The van der Waals surface area contributed by atoms with Crippen molar-refractivity contribution in [3.63, 3.8) is 0 Å². The van der Waals surface area contributed by atoms with Gasteiger partial charge in [0.1, 0.15) is 0 Å². The van der Waals surface area contributed by atoms with E-state index >= 15 is 0 Å². The van der Waals surface area contributed by atoms with E-state index in [4.69, 9.17) is 4.74 Å². The molecule has 3 rings (SSSR count). The van der Waals surface area contributed by atoms with Crippen LogP contribution in [0.25, 0.3) is 5.69 Å². The number of sulfonamides is 1. The Morgan fingerprint density at radius 2 is 1.78 bits per heavy atom. The standard InChI is InChI=1S/C23H28N4O4S/c1-7-19-15(2)27(26-24-19)21-14-16(22(28)31-6)8-13-20(21)25-32(29,30)18-11-9-17(10-12-18)23(3,4)5/h8-14,25H,7H2,1-6H3. The van der Waals surface area contributed by atoms with Gasteiger partial charge in [-0.05, 0) is 54.7 Å². The van der Waals surface area contributed by atoms with Crippen molar-refractivity contribution in [3.8, 4) is 5.69 Å². The molecule has 0 aliphatic carbocycles. The predicted molar refractivity (Wildman–Crippen MR) is 123 cm³/mol. The highest BCUT2D eigenvalue weighted by molar-refractivity contribution is 7.92. The third kappa shape index (κ3) is 4.67. The van der Waals surface area contributed by atoms with Gasteiger partial charge in [-0.1, -0.05) is 45.0 Å². The van der Waals surface area contributed by atoms with Crippen LogP contribution in [0.5, 0.6) is 0 Å². The van der Waals surface area contributed by atoms with Gasteiger partial charge >= 0.3 is 5.97 Å². The molecule has 0 aliphatic heterocycles. The van der Waals surface area contributed by atoms with Crippen molar-refractivity contribution < 1.29 is 17.9 Å². The van der Waals surface area contributed by atoms with Crippen molar-refractivity contribution in [3.05, 3.63) is 65.0 Å². The summed E-state index contributed by atoms with van der Waals surface area (Å²) in [7, 11) is -2.60. The minimum atomic E-state index is -3.88. The normalized spacial score (nSPS) is 11.9. The molecular formula is C23H28N4O4S. The van der Waals surface area contributed by atoms with E-state index < -0.39 is 16.0 Å². The molecule has 0 aliphatic rings. The number of aryl methyl sites for hydroxylation is 1. The number of hydrogen-bond acceptors (Lipinski definition) is 6. The smallest absolute Gasteiger partial charge is 0.337 e. The quantitative estimate of drug-likeness (QED) is 0.562. The zero-order valence-corrected chi connectivity index (χ0v) is 19.9. The molecule has 170 valence electrons. The molecule has 0 saturated carbocycles. The summed E-state index contributed by atoms with van der Waals surface area (Å²) in [4.78, 5) is 12.2. The fourth-order valence-corrected chi connectivity index (χ4v) is 4.37. The lowest BCUT2D eigenvalue weighted by Gasteiger charge is -2.19. The third-order valence-electron chi connectivity index (χ3n) is 5.25. The van der Waals surface area contributed by atoms with Crippen LogP contribution in [-0.2, 0) is 26.6 Å². The van der Waals surface area contributed by atoms with Crippen LogP contribution in [0, 0.1) is 6.92 Å². The van der Waals surface area contributed by atoms with Gasteiger partial charge in [0, 0.05) is 0 Å². The van der Waals surface area contributed by atoms with Crippen LogP contribution in [-0.4, -0.2) is 36.5 Å². The maximum atomic E-state index is 13.1. The molecule has 1 aromatic heterocycles. The average Bonchev–Trinajstić information content (AvgIpc) is 3.13. The summed E-state index contributed by atoms with van der Waals surface area (Å²) in [6.07, 6.45) is 0.670. The van der Waals surface area contributed by atoms with Crippen LogP contribution in [0.2, 0.25) is 0 Å². The second kappa shape index (κ2) is 8.74. The van der Waals surface area contributed by atoms with Gasteiger partial charge in [0.15, 0.2) is 0 Å². The van der Waals surface area contributed by atoms with E-state index in [1.54, 1.807) is 12.1 Å². The highest BCUT2D eigenvalue weighted by Crippen LogP contribution is 2.28. The lowest BCUT2D eigenvalue weighted by atomic mass is 9.87. The lowest BCUT2D eigenvalue weighted by Crippen LogP contribution is -2.17. The summed E-state index contributed by atoms with van der Waals surface area (Å²) in [5.74, 6) is -0.535. The number of nitrogens with one attached hydrogen (secondary N) is 1. The molecule has 1 heterocycles. The Hall–Kier alpha value is -3.20. The monoisotopic (exact) mass is 456 g/mol. The first-order valence-electron chi connectivity index (χ1n) is 10.2. The van der Waals surface area contributed by atoms with Gasteiger partial charge in [-0.2, -0.15) is 0 Å². The van der Waals surface area contributed by atoms with Crippen LogP contribution >= 0.6 is 0 Å². The summed E-state index contributed by atoms with van der Waals surface area (Å²) in [5, 5.41) is 8.32. The molecule has 0 fully saturated rings. The number of aromatic nitrogens is 3. The molecular weight excluding hydrogens is 428 g/mol. The molecule has 1 N–H and O–H groups in total. The third-order valence-corrected chi connectivity index (χ3v) is 6.63. The summed E-state index contributed by atoms with van der Waals surface area (Å²) in [6, 6.07) is 11.4. The summed E-state index contributed by atoms with van der Waals surface area (Å²) in [6.45, 7) is 9.99. The number of ether oxygens (including phenoxy) is 1. The maximum Gasteiger partial charge on any atom is 0.337 e. The Morgan fingerprint density at radius 3 is 2.31 bits per heavy atom. The van der Waals surface area contributed by atoms with Gasteiger partial charge in [0.25, 0.3) is 10.0 Å². The Balaban J connectivity index is 2.06. The first-order valence-corrected chi connectivity index (χ1v) is 11.7. The molecule has 32 heavy (non-hydrogen) atoms. The Morgan fingerprint density at radius 1 is 1.12 bits per heavy atom. The van der Waals surface area contributed by atoms with Crippen molar-refractivity contribution in [1.82, 2.24) is 15.0 Å². The first kappa shape index (κ1) is 23.5. The molecule has 3 aromatic rings. The largest absolute Gasteiger partial charge is 0.465 e. The van der Waals surface area contributed by atoms with Crippen LogP contribution in [0.1, 0.15) is 55.0 Å². The van der Waals surface area contributed by atoms with Gasteiger partial charge in [-0.3, -0.25) is 4.72 Å². The number of nitrogens with zero attached hydrogens (tertiary/aromatic N) is 3. The fourth-order valence-electron chi connectivity index (χ4n) is 3.29. The molecule has 0 radical (unpaired) electrons. The van der Waals surface area contributed by atoms with Crippen molar-refractivity contribution in [2.45, 2.75) is 51.3 Å². The molecule has 2 aromatic carbocycles.